The van der Waals surface area contributed by atoms with Crippen molar-refractivity contribution < 1.29 is 34.5 Å². The number of hydrogen-bond donors (Lipinski definition) is 8. The zero-order valence-electron chi connectivity index (χ0n) is 21.4. The average Bonchev–Trinajstić information content (AvgIpc) is 3.21. The summed E-state index contributed by atoms with van der Waals surface area (Å²) in [5.41, 5.74) is 7.57. The summed E-state index contributed by atoms with van der Waals surface area (Å²) < 4.78 is 0. The lowest BCUT2D eigenvalue weighted by molar-refractivity contribution is -0.146. The highest BCUT2D eigenvalue weighted by Gasteiger charge is 2.34. The summed E-state index contributed by atoms with van der Waals surface area (Å²) in [6, 6.07) is 2.17. The van der Waals surface area contributed by atoms with Crippen molar-refractivity contribution in [3.8, 4) is 0 Å². The first-order valence-corrected chi connectivity index (χ1v) is 12.1. The number of aliphatic hydroxyl groups excluding tert-OH is 2. The first-order chi connectivity index (χ1) is 17.3. The Labute approximate surface area is 215 Å². The maximum atomic E-state index is 13.3. The molecule has 3 amide bonds. The second kappa shape index (κ2) is 13.2. The number of carbonyl (C=O) groups excluding carboxylic acids is 3. The van der Waals surface area contributed by atoms with E-state index < -0.39 is 60.1 Å². The zero-order chi connectivity index (χ0) is 27.9. The Morgan fingerprint density at radius 2 is 1.49 bits per heavy atom. The predicted molar refractivity (Wildman–Crippen MR) is 136 cm³/mol. The Kier molecular flexibility index (Phi) is 10.6. The summed E-state index contributed by atoms with van der Waals surface area (Å²) >= 11 is 0. The maximum Gasteiger partial charge on any atom is 0.328 e. The van der Waals surface area contributed by atoms with Gasteiger partial charge in [-0.15, -0.1) is 0 Å². The van der Waals surface area contributed by atoms with Gasteiger partial charge in [0.1, 0.15) is 12.1 Å². The molecule has 204 valence electrons. The van der Waals surface area contributed by atoms with E-state index in [4.69, 9.17) is 5.73 Å². The number of para-hydroxylation sites is 1. The van der Waals surface area contributed by atoms with Gasteiger partial charge >= 0.3 is 5.97 Å². The molecule has 2 rings (SSSR count). The highest BCUT2D eigenvalue weighted by Crippen LogP contribution is 2.19. The molecule has 0 saturated heterocycles. The number of nitrogens with two attached hydrogens (primary N) is 1. The van der Waals surface area contributed by atoms with Crippen molar-refractivity contribution in [2.24, 2.45) is 11.7 Å². The number of carboxylic acids is 1. The smallest absolute Gasteiger partial charge is 0.328 e. The Morgan fingerprint density at radius 1 is 0.892 bits per heavy atom. The first-order valence-electron chi connectivity index (χ1n) is 12.1. The lowest BCUT2D eigenvalue weighted by Gasteiger charge is -2.27. The van der Waals surface area contributed by atoms with Gasteiger partial charge in [-0.25, -0.2) is 4.79 Å². The number of carboxylic acid groups (broad SMARTS) is 1. The number of nitrogens with one attached hydrogen (secondary N) is 4. The van der Waals surface area contributed by atoms with Crippen molar-refractivity contribution in [2.75, 3.05) is 0 Å². The molecule has 0 aliphatic rings. The minimum Gasteiger partial charge on any atom is -0.480 e. The number of fused-ring (bicyclic) bond motifs is 1. The number of aliphatic hydroxyl groups is 2. The van der Waals surface area contributed by atoms with E-state index in [1.165, 1.54) is 13.8 Å². The molecule has 6 atom stereocenters. The molecule has 0 radical (unpaired) electrons. The standard InChI is InChI=1S/C25H37N5O7/c1-12(2)9-17(26)22(33)28-19(10-15-11-27-18-8-6-5-7-16(15)18)23(34)29-20(13(3)31)24(35)30-21(14(4)32)25(36)37/h5-8,11-14,17,19-21,27,31-32H,9-10,26H2,1-4H3,(H,28,33)(H,29,34)(H,30,35)(H,36,37). The second-order valence-corrected chi connectivity index (χ2v) is 9.65. The van der Waals surface area contributed by atoms with Crippen LogP contribution in [0.1, 0.15) is 39.7 Å². The number of rotatable bonds is 13. The van der Waals surface area contributed by atoms with Crippen molar-refractivity contribution in [1.82, 2.24) is 20.9 Å². The number of aromatic amines is 1. The number of aromatic nitrogens is 1. The van der Waals surface area contributed by atoms with Crippen LogP contribution < -0.4 is 21.7 Å². The summed E-state index contributed by atoms with van der Waals surface area (Å²) in [5.74, 6) is -3.68. The molecular weight excluding hydrogens is 482 g/mol. The summed E-state index contributed by atoms with van der Waals surface area (Å²) in [5, 5.41) is 37.1. The fraction of sp³-hybridized carbons (Fsp3) is 0.520. The molecule has 12 nitrogen and oxygen atoms in total. The number of amides is 3. The van der Waals surface area contributed by atoms with E-state index in [2.05, 4.69) is 20.9 Å². The number of hydrogen-bond acceptors (Lipinski definition) is 7. The molecule has 0 aliphatic carbocycles. The van der Waals surface area contributed by atoms with Gasteiger partial charge in [0.25, 0.3) is 0 Å². The fourth-order valence-corrected chi connectivity index (χ4v) is 3.91. The Morgan fingerprint density at radius 3 is 2.05 bits per heavy atom. The van der Waals surface area contributed by atoms with Gasteiger partial charge in [0.15, 0.2) is 6.04 Å². The molecule has 0 saturated carbocycles. The van der Waals surface area contributed by atoms with Crippen molar-refractivity contribution in [3.05, 3.63) is 36.0 Å². The van der Waals surface area contributed by atoms with Crippen LogP contribution in [-0.4, -0.2) is 80.4 Å². The van der Waals surface area contributed by atoms with Crippen LogP contribution in [-0.2, 0) is 25.6 Å². The number of H-pyrrole nitrogens is 1. The second-order valence-electron chi connectivity index (χ2n) is 9.65. The van der Waals surface area contributed by atoms with E-state index in [0.29, 0.717) is 6.42 Å². The van der Waals surface area contributed by atoms with Crippen LogP contribution in [0.2, 0.25) is 0 Å². The van der Waals surface area contributed by atoms with Gasteiger partial charge in [-0.05, 0) is 37.8 Å². The highest BCUT2D eigenvalue weighted by molar-refractivity contribution is 5.95. The van der Waals surface area contributed by atoms with Gasteiger partial charge in [0.2, 0.25) is 17.7 Å². The molecule has 0 bridgehead atoms. The zero-order valence-corrected chi connectivity index (χ0v) is 21.4. The number of carbonyl (C=O) groups is 4. The molecule has 6 unspecified atom stereocenters. The molecule has 9 N–H and O–H groups in total. The lowest BCUT2D eigenvalue weighted by atomic mass is 10.0. The van der Waals surface area contributed by atoms with Gasteiger partial charge in [-0.1, -0.05) is 32.0 Å². The van der Waals surface area contributed by atoms with Crippen molar-refractivity contribution in [3.63, 3.8) is 0 Å². The van der Waals surface area contributed by atoms with Crippen LogP contribution in [0.4, 0.5) is 0 Å². The molecule has 1 aromatic carbocycles. The third-order valence-electron chi connectivity index (χ3n) is 5.90. The quantitative estimate of drug-likeness (QED) is 0.171. The summed E-state index contributed by atoms with van der Waals surface area (Å²) in [4.78, 5) is 53.3. The van der Waals surface area contributed by atoms with Gasteiger partial charge in [0, 0.05) is 23.5 Å². The minimum absolute atomic E-state index is 0.0511. The van der Waals surface area contributed by atoms with E-state index in [1.807, 2.05) is 38.1 Å². The van der Waals surface area contributed by atoms with E-state index in [9.17, 15) is 34.5 Å². The average molecular weight is 520 g/mol. The molecule has 1 heterocycles. The SMILES string of the molecule is CC(C)CC(N)C(=O)NC(Cc1c[nH]c2ccccc12)C(=O)NC(C(=O)NC(C(=O)O)C(C)O)C(C)O. The van der Waals surface area contributed by atoms with Crippen LogP contribution in [0.25, 0.3) is 10.9 Å². The molecule has 37 heavy (non-hydrogen) atoms. The van der Waals surface area contributed by atoms with Crippen LogP contribution in [0, 0.1) is 5.92 Å². The monoisotopic (exact) mass is 519 g/mol. The van der Waals surface area contributed by atoms with Crippen LogP contribution in [0.15, 0.2) is 30.5 Å². The predicted octanol–water partition coefficient (Wildman–Crippen LogP) is -0.616. The minimum atomic E-state index is -1.65. The largest absolute Gasteiger partial charge is 0.480 e. The van der Waals surface area contributed by atoms with Crippen molar-refractivity contribution >= 4 is 34.6 Å². The molecule has 2 aromatic rings. The Bertz CT molecular complexity index is 1100. The fourth-order valence-electron chi connectivity index (χ4n) is 3.91. The van der Waals surface area contributed by atoms with Gasteiger partial charge in [-0.3, -0.25) is 14.4 Å². The van der Waals surface area contributed by atoms with Crippen LogP contribution in [0.3, 0.4) is 0 Å². The normalized spacial score (nSPS) is 16.3. The van der Waals surface area contributed by atoms with E-state index in [-0.39, 0.29) is 12.3 Å². The molecule has 12 heteroatoms. The van der Waals surface area contributed by atoms with Crippen molar-refractivity contribution in [1.29, 1.82) is 0 Å². The third kappa shape index (κ3) is 8.27. The Balaban J connectivity index is 2.29. The molecule has 0 fully saturated rings. The van der Waals surface area contributed by atoms with Gasteiger partial charge in [0.05, 0.1) is 18.2 Å². The molecule has 0 aliphatic heterocycles. The van der Waals surface area contributed by atoms with E-state index in [1.54, 1.807) is 6.20 Å². The molecule has 0 spiro atoms. The van der Waals surface area contributed by atoms with Gasteiger partial charge < -0.3 is 42.0 Å². The van der Waals surface area contributed by atoms with Crippen molar-refractivity contribution in [2.45, 2.75) is 76.9 Å². The van der Waals surface area contributed by atoms with Crippen LogP contribution >= 0.6 is 0 Å². The molecule has 1 aromatic heterocycles. The summed E-state index contributed by atoms with van der Waals surface area (Å²) in [6.07, 6.45) is -0.690. The van der Waals surface area contributed by atoms with E-state index in [0.717, 1.165) is 16.5 Å². The highest BCUT2D eigenvalue weighted by atomic mass is 16.4. The third-order valence-corrected chi connectivity index (χ3v) is 5.90. The topological polar surface area (TPSA) is 207 Å². The molecular formula is C25H37N5O7. The summed E-state index contributed by atoms with van der Waals surface area (Å²) in [7, 11) is 0. The summed E-state index contributed by atoms with van der Waals surface area (Å²) in [6.45, 7) is 6.25. The maximum absolute atomic E-state index is 13.3. The number of aliphatic carboxylic acids is 1. The number of benzene rings is 1. The Hall–Kier alpha value is -3.48. The van der Waals surface area contributed by atoms with Crippen LogP contribution in [0.5, 0.6) is 0 Å². The van der Waals surface area contributed by atoms with Gasteiger partial charge in [-0.2, -0.15) is 0 Å². The lowest BCUT2D eigenvalue weighted by Crippen LogP contribution is -2.61. The first kappa shape index (κ1) is 29.7. The van der Waals surface area contributed by atoms with E-state index >= 15 is 0 Å².